The molecule has 0 atom stereocenters. The fraction of sp³-hybridized carbons (Fsp3) is 0.0870. The molecule has 29 heavy (non-hydrogen) atoms. The van der Waals surface area contributed by atoms with Crippen LogP contribution in [0.4, 0.5) is 5.69 Å². The van der Waals surface area contributed by atoms with Gasteiger partial charge in [0.05, 0.1) is 11.0 Å². The Labute approximate surface area is 166 Å². The number of benzene rings is 3. The Bertz CT molecular complexity index is 1230. The summed E-state index contributed by atoms with van der Waals surface area (Å²) in [6.45, 7) is 1.38. The third kappa shape index (κ3) is 3.73. The maximum absolute atomic E-state index is 12.8. The van der Waals surface area contributed by atoms with E-state index in [0.29, 0.717) is 33.2 Å². The van der Waals surface area contributed by atoms with Crippen molar-refractivity contribution in [1.82, 2.24) is 4.57 Å². The Balaban J connectivity index is 1.66. The molecule has 6 nitrogen and oxygen atoms in total. The summed E-state index contributed by atoms with van der Waals surface area (Å²) in [5.74, 6) is -0.262. The first-order chi connectivity index (χ1) is 14.0. The molecule has 1 N–H and O–H groups in total. The van der Waals surface area contributed by atoms with Crippen LogP contribution in [0.3, 0.4) is 0 Å². The van der Waals surface area contributed by atoms with Gasteiger partial charge in [-0.15, -0.1) is 0 Å². The number of pyridine rings is 1. The van der Waals surface area contributed by atoms with Gasteiger partial charge >= 0.3 is 5.97 Å². The number of nitrogens with zero attached hydrogens (tertiary/aromatic N) is 1. The molecule has 0 radical (unpaired) electrons. The van der Waals surface area contributed by atoms with Gasteiger partial charge in [0.1, 0.15) is 12.3 Å². The standard InChI is InChI=1S/C23H18N2O4/c1-15(26)24-16-10-12-17(13-11-16)29-22(27)14-25-20-8-4-2-6-18(20)23(28)19-7-3-5-9-21(19)25/h2-13H,14H2,1H3,(H,24,26). The number of esters is 1. The van der Waals surface area contributed by atoms with Gasteiger partial charge in [-0.3, -0.25) is 9.59 Å². The van der Waals surface area contributed by atoms with Crippen LogP contribution in [-0.4, -0.2) is 16.4 Å². The normalized spacial score (nSPS) is 10.8. The first-order valence-electron chi connectivity index (χ1n) is 9.11. The van der Waals surface area contributed by atoms with Gasteiger partial charge in [0.25, 0.3) is 0 Å². The van der Waals surface area contributed by atoms with Crippen LogP contribution in [0.2, 0.25) is 0 Å². The fourth-order valence-electron chi connectivity index (χ4n) is 3.35. The van der Waals surface area contributed by atoms with E-state index in [2.05, 4.69) is 5.32 Å². The van der Waals surface area contributed by atoms with Crippen molar-refractivity contribution in [3.05, 3.63) is 83.0 Å². The van der Waals surface area contributed by atoms with Crippen molar-refractivity contribution in [2.24, 2.45) is 0 Å². The molecule has 0 aliphatic rings. The molecule has 1 heterocycles. The molecule has 6 heteroatoms. The quantitative estimate of drug-likeness (QED) is 0.329. The number of nitrogens with one attached hydrogen (secondary N) is 1. The summed E-state index contributed by atoms with van der Waals surface area (Å²) in [4.78, 5) is 36.5. The smallest absolute Gasteiger partial charge is 0.331 e. The molecule has 0 fully saturated rings. The molecule has 4 rings (SSSR count). The highest BCUT2D eigenvalue weighted by Crippen LogP contribution is 2.20. The maximum atomic E-state index is 12.8. The molecule has 144 valence electrons. The van der Waals surface area contributed by atoms with Gasteiger partial charge in [-0.1, -0.05) is 24.3 Å². The Hall–Kier alpha value is -3.93. The highest BCUT2D eigenvalue weighted by Gasteiger charge is 2.14. The van der Waals surface area contributed by atoms with Crippen LogP contribution >= 0.6 is 0 Å². The second-order valence-corrected chi connectivity index (χ2v) is 6.63. The number of aromatic nitrogens is 1. The number of amides is 1. The molecule has 3 aromatic carbocycles. The van der Waals surface area contributed by atoms with E-state index in [0.717, 1.165) is 0 Å². The summed E-state index contributed by atoms with van der Waals surface area (Å²) in [6.07, 6.45) is 0. The minimum Gasteiger partial charge on any atom is -0.425 e. The Morgan fingerprint density at radius 1 is 0.862 bits per heavy atom. The van der Waals surface area contributed by atoms with Crippen molar-refractivity contribution in [2.75, 3.05) is 5.32 Å². The number of anilines is 1. The molecule has 1 aromatic heterocycles. The lowest BCUT2D eigenvalue weighted by atomic mass is 10.1. The SMILES string of the molecule is CC(=O)Nc1ccc(OC(=O)Cn2c3ccccc3c(=O)c3ccccc32)cc1. The second-order valence-electron chi connectivity index (χ2n) is 6.63. The van der Waals surface area contributed by atoms with Crippen molar-refractivity contribution >= 4 is 39.4 Å². The molecule has 0 bridgehead atoms. The van der Waals surface area contributed by atoms with Gasteiger partial charge in [-0.2, -0.15) is 0 Å². The average molecular weight is 386 g/mol. The van der Waals surface area contributed by atoms with E-state index in [1.807, 2.05) is 24.3 Å². The topological polar surface area (TPSA) is 77.4 Å². The van der Waals surface area contributed by atoms with Crippen molar-refractivity contribution in [2.45, 2.75) is 13.5 Å². The largest absolute Gasteiger partial charge is 0.425 e. The van der Waals surface area contributed by atoms with Crippen LogP contribution in [0.25, 0.3) is 21.8 Å². The van der Waals surface area contributed by atoms with Crippen molar-refractivity contribution in [3.63, 3.8) is 0 Å². The summed E-state index contributed by atoms with van der Waals surface area (Å²) in [5.41, 5.74) is 1.91. The van der Waals surface area contributed by atoms with Crippen LogP contribution < -0.4 is 15.5 Å². The van der Waals surface area contributed by atoms with Crippen molar-refractivity contribution in [1.29, 1.82) is 0 Å². The van der Waals surface area contributed by atoms with Gasteiger partial charge in [-0.05, 0) is 48.5 Å². The number of para-hydroxylation sites is 2. The van der Waals surface area contributed by atoms with Gasteiger partial charge in [0, 0.05) is 23.4 Å². The highest BCUT2D eigenvalue weighted by molar-refractivity contribution is 5.94. The zero-order valence-electron chi connectivity index (χ0n) is 15.7. The number of carbonyl (C=O) groups is 2. The third-order valence-corrected chi connectivity index (χ3v) is 4.57. The number of rotatable bonds is 4. The lowest BCUT2D eigenvalue weighted by Crippen LogP contribution is -2.20. The number of ether oxygens (including phenoxy) is 1. The number of hydrogen-bond acceptors (Lipinski definition) is 4. The summed E-state index contributed by atoms with van der Waals surface area (Å²) >= 11 is 0. The van der Waals surface area contributed by atoms with Crippen molar-refractivity contribution < 1.29 is 14.3 Å². The van der Waals surface area contributed by atoms with E-state index in [4.69, 9.17) is 4.74 Å². The maximum Gasteiger partial charge on any atom is 0.331 e. The van der Waals surface area contributed by atoms with Crippen LogP contribution in [-0.2, 0) is 16.1 Å². The van der Waals surface area contributed by atoms with E-state index in [1.165, 1.54) is 6.92 Å². The first kappa shape index (κ1) is 18.4. The first-order valence-corrected chi connectivity index (χ1v) is 9.11. The van der Waals surface area contributed by atoms with E-state index in [1.54, 1.807) is 53.1 Å². The van der Waals surface area contributed by atoms with Gasteiger partial charge < -0.3 is 14.6 Å². The molecule has 0 saturated heterocycles. The lowest BCUT2D eigenvalue weighted by Gasteiger charge is -2.14. The van der Waals surface area contributed by atoms with E-state index in [9.17, 15) is 14.4 Å². The minimum atomic E-state index is -0.462. The zero-order valence-corrected chi connectivity index (χ0v) is 15.7. The molecule has 0 saturated carbocycles. The predicted molar refractivity (Wildman–Crippen MR) is 112 cm³/mol. The molecule has 4 aromatic rings. The molecule has 0 unspecified atom stereocenters. The third-order valence-electron chi connectivity index (χ3n) is 4.57. The molecule has 1 amide bonds. The minimum absolute atomic E-state index is 0.0469. The summed E-state index contributed by atoms with van der Waals surface area (Å²) in [5, 5.41) is 3.77. The van der Waals surface area contributed by atoms with Crippen molar-refractivity contribution in [3.8, 4) is 5.75 Å². The molecule has 0 aliphatic carbocycles. The monoisotopic (exact) mass is 386 g/mol. The Kier molecular flexibility index (Phi) is 4.83. The van der Waals surface area contributed by atoms with Crippen LogP contribution in [0.15, 0.2) is 77.6 Å². The molecule has 0 spiro atoms. The molecule has 0 aliphatic heterocycles. The van der Waals surface area contributed by atoms with Gasteiger partial charge in [0.15, 0.2) is 5.43 Å². The molecular weight excluding hydrogens is 368 g/mol. The summed E-state index contributed by atoms with van der Waals surface area (Å²) in [7, 11) is 0. The molecular formula is C23H18N2O4. The second kappa shape index (κ2) is 7.59. The van der Waals surface area contributed by atoms with E-state index < -0.39 is 5.97 Å². The summed E-state index contributed by atoms with van der Waals surface area (Å²) in [6, 6.07) is 21.0. The van der Waals surface area contributed by atoms with Crippen LogP contribution in [0, 0.1) is 0 Å². The average Bonchev–Trinajstić information content (AvgIpc) is 2.72. The number of carbonyl (C=O) groups excluding carboxylic acids is 2. The van der Waals surface area contributed by atoms with E-state index >= 15 is 0 Å². The van der Waals surface area contributed by atoms with E-state index in [-0.39, 0.29) is 17.9 Å². The summed E-state index contributed by atoms with van der Waals surface area (Å²) < 4.78 is 7.25. The van der Waals surface area contributed by atoms with Gasteiger partial charge in [-0.25, -0.2) is 4.79 Å². The Morgan fingerprint density at radius 3 is 1.97 bits per heavy atom. The van der Waals surface area contributed by atoms with Gasteiger partial charge in [0.2, 0.25) is 5.91 Å². The number of fused-ring (bicyclic) bond motifs is 2. The fourth-order valence-corrected chi connectivity index (χ4v) is 3.35. The number of hydrogen-bond donors (Lipinski definition) is 1. The van der Waals surface area contributed by atoms with Crippen LogP contribution in [0.1, 0.15) is 6.92 Å². The highest BCUT2D eigenvalue weighted by atomic mass is 16.5. The predicted octanol–water partition coefficient (Wildman–Crippen LogP) is 3.72. The lowest BCUT2D eigenvalue weighted by molar-refractivity contribution is -0.134. The Morgan fingerprint density at radius 2 is 1.41 bits per heavy atom. The zero-order chi connectivity index (χ0) is 20.4. The van der Waals surface area contributed by atoms with Crippen LogP contribution in [0.5, 0.6) is 5.75 Å².